The highest BCUT2D eigenvalue weighted by atomic mass is 16.6. The molecule has 0 saturated heterocycles. The zero-order chi connectivity index (χ0) is 21.8. The molecule has 30 heavy (non-hydrogen) atoms. The minimum atomic E-state index is -0.949. The Morgan fingerprint density at radius 1 is 1.17 bits per heavy atom. The highest BCUT2D eigenvalue weighted by Gasteiger charge is 2.30. The van der Waals surface area contributed by atoms with Gasteiger partial charge in [0.2, 0.25) is 5.76 Å². The minimum Gasteiger partial charge on any atom is -0.449 e. The predicted octanol–water partition coefficient (Wildman–Crippen LogP) is 4.34. The number of nitrogens with zero attached hydrogens (tertiary/aromatic N) is 1. The van der Waals surface area contributed by atoms with E-state index in [0.29, 0.717) is 23.2 Å². The number of hydrogen-bond donors (Lipinski definition) is 1. The van der Waals surface area contributed by atoms with Crippen LogP contribution in [-0.4, -0.2) is 28.9 Å². The molecule has 3 rings (SSSR count). The highest BCUT2D eigenvalue weighted by Crippen LogP contribution is 2.29. The number of carbonyl (C=O) groups is 2. The lowest BCUT2D eigenvalue weighted by atomic mass is 9.78. The van der Waals surface area contributed by atoms with E-state index in [1.807, 2.05) is 0 Å². The summed E-state index contributed by atoms with van der Waals surface area (Å²) in [4.78, 5) is 35.1. The molecule has 1 aromatic carbocycles. The van der Waals surface area contributed by atoms with Crippen LogP contribution >= 0.6 is 0 Å². The molecule has 0 bridgehead atoms. The highest BCUT2D eigenvalue weighted by molar-refractivity contribution is 5.90. The Bertz CT molecular complexity index is 920. The zero-order valence-corrected chi connectivity index (χ0v) is 17.3. The van der Waals surface area contributed by atoms with Gasteiger partial charge in [0, 0.05) is 23.7 Å². The van der Waals surface area contributed by atoms with Crippen LogP contribution in [0.25, 0.3) is 11.3 Å². The molecule has 8 nitrogen and oxygen atoms in total. The number of carbonyl (C=O) groups excluding carboxylic acids is 2. The van der Waals surface area contributed by atoms with E-state index < -0.39 is 17.0 Å². The van der Waals surface area contributed by atoms with E-state index in [0.717, 1.165) is 19.3 Å². The minimum absolute atomic E-state index is 0.0357. The molecule has 0 aliphatic heterocycles. The summed E-state index contributed by atoms with van der Waals surface area (Å²) in [6.45, 7) is 5.85. The number of benzene rings is 1. The van der Waals surface area contributed by atoms with Crippen LogP contribution in [0, 0.1) is 22.0 Å². The molecule has 1 aromatic heterocycles. The van der Waals surface area contributed by atoms with Gasteiger partial charge in [-0.05, 0) is 49.4 Å². The van der Waals surface area contributed by atoms with Gasteiger partial charge in [-0.2, -0.15) is 0 Å². The summed E-state index contributed by atoms with van der Waals surface area (Å²) in [6.07, 6.45) is 2.21. The van der Waals surface area contributed by atoms with Gasteiger partial charge in [0.1, 0.15) is 5.76 Å². The fourth-order valence-corrected chi connectivity index (χ4v) is 3.71. The smallest absolute Gasteiger partial charge is 0.375 e. The van der Waals surface area contributed by atoms with E-state index in [2.05, 4.69) is 19.2 Å². The van der Waals surface area contributed by atoms with E-state index in [4.69, 9.17) is 9.15 Å². The van der Waals surface area contributed by atoms with Crippen LogP contribution in [0.1, 0.15) is 50.6 Å². The van der Waals surface area contributed by atoms with Crippen LogP contribution in [0.5, 0.6) is 0 Å². The maximum atomic E-state index is 12.5. The lowest BCUT2D eigenvalue weighted by Crippen LogP contribution is -2.47. The number of ether oxygens (including phenoxy) is 1. The summed E-state index contributed by atoms with van der Waals surface area (Å²) >= 11 is 0. The average Bonchev–Trinajstić information content (AvgIpc) is 3.22. The van der Waals surface area contributed by atoms with Crippen molar-refractivity contribution in [1.29, 1.82) is 0 Å². The van der Waals surface area contributed by atoms with Gasteiger partial charge in [0.15, 0.2) is 6.10 Å². The van der Waals surface area contributed by atoms with Crippen molar-refractivity contribution in [3.05, 3.63) is 52.3 Å². The number of furan rings is 1. The number of rotatable bonds is 6. The molecule has 0 radical (unpaired) electrons. The molecule has 1 aliphatic carbocycles. The molecular formula is C22H26N2O6. The third kappa shape index (κ3) is 4.87. The second-order valence-electron chi connectivity index (χ2n) is 7.90. The number of nitro benzene ring substituents is 1. The summed E-state index contributed by atoms with van der Waals surface area (Å²) in [5.74, 6) is 0.191. The van der Waals surface area contributed by atoms with Gasteiger partial charge in [-0.15, -0.1) is 0 Å². The van der Waals surface area contributed by atoms with Crippen LogP contribution in [0.3, 0.4) is 0 Å². The molecule has 4 atom stereocenters. The van der Waals surface area contributed by atoms with Crippen molar-refractivity contribution < 1.29 is 23.7 Å². The van der Waals surface area contributed by atoms with Crippen LogP contribution in [0.2, 0.25) is 0 Å². The number of amides is 1. The molecule has 1 heterocycles. The van der Waals surface area contributed by atoms with Crippen LogP contribution in [-0.2, 0) is 9.53 Å². The van der Waals surface area contributed by atoms with Crippen LogP contribution < -0.4 is 5.32 Å². The lowest BCUT2D eigenvalue weighted by Gasteiger charge is -2.35. The molecule has 2 aromatic rings. The Morgan fingerprint density at radius 2 is 1.87 bits per heavy atom. The number of non-ortho nitro benzene ring substituents is 1. The third-order valence-electron chi connectivity index (χ3n) is 5.86. The quantitative estimate of drug-likeness (QED) is 0.427. The summed E-state index contributed by atoms with van der Waals surface area (Å²) in [7, 11) is 0. The molecule has 1 fully saturated rings. The van der Waals surface area contributed by atoms with Gasteiger partial charge in [-0.1, -0.05) is 26.7 Å². The Labute approximate surface area is 174 Å². The van der Waals surface area contributed by atoms with E-state index >= 15 is 0 Å². The maximum absolute atomic E-state index is 12.5. The maximum Gasteiger partial charge on any atom is 0.375 e. The summed E-state index contributed by atoms with van der Waals surface area (Å²) in [5, 5.41) is 13.7. The van der Waals surface area contributed by atoms with Gasteiger partial charge < -0.3 is 14.5 Å². The first-order valence-electron chi connectivity index (χ1n) is 10.1. The normalized spacial score (nSPS) is 22.2. The first kappa shape index (κ1) is 21.5. The largest absolute Gasteiger partial charge is 0.449 e. The molecule has 1 amide bonds. The molecule has 1 saturated carbocycles. The predicted molar refractivity (Wildman–Crippen MR) is 110 cm³/mol. The average molecular weight is 414 g/mol. The molecule has 1 aliphatic rings. The van der Waals surface area contributed by atoms with Crippen molar-refractivity contribution in [2.75, 3.05) is 0 Å². The van der Waals surface area contributed by atoms with Crippen LogP contribution in [0.4, 0.5) is 5.69 Å². The standard InChI is InChI=1S/C22H26N2O6/c1-13-5-4-6-18(14(13)2)23-21(25)15(3)29-22(26)20-12-11-19(30-20)16-7-9-17(10-8-16)24(27)28/h7-15,18H,4-6H2,1-3H3,(H,23,25)/t13-,14-,15-,18+/m1/s1. The van der Waals surface area contributed by atoms with Crippen molar-refractivity contribution in [2.45, 2.75) is 52.2 Å². The molecule has 8 heteroatoms. The van der Waals surface area contributed by atoms with Gasteiger partial charge >= 0.3 is 5.97 Å². The molecule has 0 spiro atoms. The first-order valence-corrected chi connectivity index (χ1v) is 10.1. The van der Waals surface area contributed by atoms with E-state index in [-0.39, 0.29) is 23.4 Å². The van der Waals surface area contributed by atoms with Gasteiger partial charge in [0.05, 0.1) is 4.92 Å². The van der Waals surface area contributed by atoms with E-state index in [1.54, 1.807) is 6.07 Å². The fraction of sp³-hybridized carbons (Fsp3) is 0.455. The second kappa shape index (κ2) is 9.11. The van der Waals surface area contributed by atoms with Gasteiger partial charge in [-0.3, -0.25) is 14.9 Å². The summed E-state index contributed by atoms with van der Waals surface area (Å²) < 4.78 is 10.8. The SMILES string of the molecule is C[C@@H]1[C@H](C)CCC[C@@H]1NC(=O)[C@@H](C)OC(=O)c1ccc(-c2ccc([N+](=O)[O-])cc2)o1. The Balaban J connectivity index is 1.59. The Hall–Kier alpha value is -3.16. The molecular weight excluding hydrogens is 388 g/mol. The molecule has 160 valence electrons. The van der Waals surface area contributed by atoms with Gasteiger partial charge in [-0.25, -0.2) is 4.79 Å². The second-order valence-corrected chi connectivity index (χ2v) is 7.90. The number of esters is 1. The molecule has 1 N–H and O–H groups in total. The van der Waals surface area contributed by atoms with Crippen molar-refractivity contribution in [1.82, 2.24) is 5.32 Å². The summed E-state index contributed by atoms with van der Waals surface area (Å²) in [5.41, 5.74) is 0.553. The number of nitro groups is 1. The van der Waals surface area contributed by atoms with Crippen molar-refractivity contribution in [3.8, 4) is 11.3 Å². The van der Waals surface area contributed by atoms with Crippen molar-refractivity contribution >= 4 is 17.6 Å². The lowest BCUT2D eigenvalue weighted by molar-refractivity contribution is -0.384. The number of hydrogen-bond acceptors (Lipinski definition) is 6. The fourth-order valence-electron chi connectivity index (χ4n) is 3.71. The third-order valence-corrected chi connectivity index (χ3v) is 5.86. The summed E-state index contributed by atoms with van der Waals surface area (Å²) in [6, 6.07) is 8.90. The molecule has 0 unspecified atom stereocenters. The van der Waals surface area contributed by atoms with E-state index in [9.17, 15) is 19.7 Å². The Morgan fingerprint density at radius 3 is 2.53 bits per heavy atom. The van der Waals surface area contributed by atoms with Gasteiger partial charge in [0.25, 0.3) is 11.6 Å². The monoisotopic (exact) mass is 414 g/mol. The van der Waals surface area contributed by atoms with Crippen molar-refractivity contribution in [2.24, 2.45) is 11.8 Å². The number of nitrogens with one attached hydrogen (secondary N) is 1. The topological polar surface area (TPSA) is 112 Å². The van der Waals surface area contributed by atoms with Crippen molar-refractivity contribution in [3.63, 3.8) is 0 Å². The zero-order valence-electron chi connectivity index (χ0n) is 17.3. The first-order chi connectivity index (χ1) is 14.3. The van der Waals surface area contributed by atoms with Crippen LogP contribution in [0.15, 0.2) is 40.8 Å². The Kier molecular flexibility index (Phi) is 6.54. The van der Waals surface area contributed by atoms with E-state index in [1.165, 1.54) is 37.3 Å².